The van der Waals surface area contributed by atoms with Crippen LogP contribution in [0.25, 0.3) is 5.69 Å². The summed E-state index contributed by atoms with van der Waals surface area (Å²) < 4.78 is 6.18. The molecule has 9 heteroatoms. The number of nitrogens with zero attached hydrogens (tertiary/aromatic N) is 2. The highest BCUT2D eigenvalue weighted by Crippen LogP contribution is 2.21. The minimum atomic E-state index is -0.632. The molecule has 0 saturated carbocycles. The van der Waals surface area contributed by atoms with Crippen LogP contribution in [0.1, 0.15) is 16.9 Å². The lowest BCUT2D eigenvalue weighted by Crippen LogP contribution is -2.31. The van der Waals surface area contributed by atoms with Gasteiger partial charge in [0.15, 0.2) is 11.4 Å². The van der Waals surface area contributed by atoms with Gasteiger partial charge in [-0.2, -0.15) is 9.78 Å². The van der Waals surface area contributed by atoms with Crippen LogP contribution in [0.3, 0.4) is 0 Å². The van der Waals surface area contributed by atoms with E-state index in [1.165, 1.54) is 7.11 Å². The van der Waals surface area contributed by atoms with Crippen molar-refractivity contribution in [1.29, 1.82) is 0 Å². The molecule has 0 fully saturated rings. The molecule has 0 radical (unpaired) electrons. The molecule has 0 aliphatic heterocycles. The molecule has 1 aromatic carbocycles. The molecular weight excluding hydrogens is 328 g/mol. The topological polar surface area (TPSA) is 123 Å². The van der Waals surface area contributed by atoms with E-state index in [9.17, 15) is 19.5 Å². The Hall–Kier alpha value is -3.36. The van der Waals surface area contributed by atoms with Crippen LogP contribution >= 0.6 is 0 Å². The second kappa shape index (κ2) is 8.48. The van der Waals surface area contributed by atoms with E-state index >= 15 is 0 Å². The van der Waals surface area contributed by atoms with E-state index < -0.39 is 17.2 Å². The Morgan fingerprint density at radius 3 is 2.84 bits per heavy atom. The molecule has 2 rings (SSSR count). The number of aromatic nitrogens is 2. The van der Waals surface area contributed by atoms with Crippen molar-refractivity contribution in [3.63, 3.8) is 0 Å². The molecule has 0 spiro atoms. The molecule has 2 aromatic rings. The summed E-state index contributed by atoms with van der Waals surface area (Å²) in [7, 11) is 1.45. The van der Waals surface area contributed by atoms with Gasteiger partial charge in [0.1, 0.15) is 11.4 Å². The maximum Gasteiger partial charge on any atom is 0.275 e. The fourth-order valence-corrected chi connectivity index (χ4v) is 2.12. The van der Waals surface area contributed by atoms with Gasteiger partial charge >= 0.3 is 0 Å². The van der Waals surface area contributed by atoms with Crippen LogP contribution in [0.5, 0.6) is 11.5 Å². The molecule has 0 aliphatic rings. The molecule has 3 N–H and O–H groups in total. The highest BCUT2D eigenvalue weighted by atomic mass is 16.5. The Labute approximate surface area is 143 Å². The van der Waals surface area contributed by atoms with Gasteiger partial charge in [-0.25, -0.2) is 0 Å². The van der Waals surface area contributed by atoms with Crippen LogP contribution in [0.4, 0.5) is 0 Å². The predicted molar refractivity (Wildman–Crippen MR) is 89.1 cm³/mol. The number of rotatable bonds is 8. The summed E-state index contributed by atoms with van der Waals surface area (Å²) in [4.78, 5) is 34.4. The van der Waals surface area contributed by atoms with Crippen molar-refractivity contribution in [3.8, 4) is 17.2 Å². The number of nitrogens with one attached hydrogen (secondary N) is 2. The van der Waals surface area contributed by atoms with E-state index in [4.69, 9.17) is 4.74 Å². The predicted octanol–water partition coefficient (Wildman–Crippen LogP) is -0.187. The molecule has 132 valence electrons. The molecule has 0 aliphatic carbocycles. The Morgan fingerprint density at radius 1 is 1.36 bits per heavy atom. The summed E-state index contributed by atoms with van der Waals surface area (Å²) in [5.41, 5.74) is -0.540. The van der Waals surface area contributed by atoms with Crippen LogP contribution in [-0.4, -0.2) is 47.4 Å². The van der Waals surface area contributed by atoms with E-state index in [1.807, 2.05) is 0 Å². The van der Waals surface area contributed by atoms with Crippen molar-refractivity contribution in [2.24, 2.45) is 0 Å². The summed E-state index contributed by atoms with van der Waals surface area (Å²) in [5, 5.41) is 18.9. The second-order valence-electron chi connectivity index (χ2n) is 4.98. The van der Waals surface area contributed by atoms with Gasteiger partial charge in [0, 0.05) is 19.2 Å². The van der Waals surface area contributed by atoms with Crippen LogP contribution in [0.15, 0.2) is 35.1 Å². The van der Waals surface area contributed by atoms with Gasteiger partial charge < -0.3 is 20.5 Å². The van der Waals surface area contributed by atoms with Crippen molar-refractivity contribution >= 4 is 12.3 Å². The number of hydrogen-bond acceptors (Lipinski definition) is 6. The van der Waals surface area contributed by atoms with E-state index in [1.54, 1.807) is 24.3 Å². The molecule has 9 nitrogen and oxygen atoms in total. The maximum atomic E-state index is 12.2. The lowest BCUT2D eigenvalue weighted by molar-refractivity contribution is -0.109. The molecule has 0 bridgehead atoms. The highest BCUT2D eigenvalue weighted by molar-refractivity contribution is 5.94. The number of amides is 2. The Bertz CT molecular complexity index is 818. The number of para-hydroxylation sites is 2. The third-order valence-electron chi connectivity index (χ3n) is 3.31. The van der Waals surface area contributed by atoms with Crippen LogP contribution < -0.4 is 20.9 Å². The van der Waals surface area contributed by atoms with Gasteiger partial charge in [-0.1, -0.05) is 12.1 Å². The minimum absolute atomic E-state index is 0.272. The first-order chi connectivity index (χ1) is 12.1. The van der Waals surface area contributed by atoms with Gasteiger partial charge in [-0.3, -0.25) is 14.4 Å². The van der Waals surface area contributed by atoms with Gasteiger partial charge in [0.05, 0.1) is 7.11 Å². The Kier molecular flexibility index (Phi) is 6.10. The second-order valence-corrected chi connectivity index (χ2v) is 4.98. The number of carbonyl (C=O) groups is 2. The van der Waals surface area contributed by atoms with Crippen molar-refractivity contribution in [2.45, 2.75) is 6.42 Å². The Morgan fingerprint density at radius 2 is 2.12 bits per heavy atom. The quantitative estimate of drug-likeness (QED) is 0.450. The van der Waals surface area contributed by atoms with Crippen molar-refractivity contribution < 1.29 is 19.4 Å². The molecule has 1 aromatic heterocycles. The highest BCUT2D eigenvalue weighted by Gasteiger charge is 2.17. The van der Waals surface area contributed by atoms with Crippen LogP contribution in [0, 0.1) is 0 Å². The minimum Gasteiger partial charge on any atom is -0.505 e. The van der Waals surface area contributed by atoms with E-state index in [-0.39, 0.29) is 12.2 Å². The van der Waals surface area contributed by atoms with Crippen molar-refractivity contribution in [3.05, 3.63) is 46.4 Å². The number of methoxy groups -OCH3 is 1. The molecule has 0 unspecified atom stereocenters. The van der Waals surface area contributed by atoms with Gasteiger partial charge in [-0.05, 0) is 18.6 Å². The fraction of sp³-hybridized carbons (Fsp3) is 0.250. The molecule has 2 amide bonds. The first-order valence-corrected chi connectivity index (χ1v) is 7.50. The summed E-state index contributed by atoms with van der Waals surface area (Å²) in [6.07, 6.45) is 1.08. The summed E-state index contributed by atoms with van der Waals surface area (Å²) in [5.74, 6) is -0.749. The van der Waals surface area contributed by atoms with E-state index in [2.05, 4.69) is 15.7 Å². The first kappa shape index (κ1) is 18.0. The van der Waals surface area contributed by atoms with Crippen LogP contribution in [0.2, 0.25) is 0 Å². The number of hydrogen-bond donors (Lipinski definition) is 3. The molecule has 25 heavy (non-hydrogen) atoms. The monoisotopic (exact) mass is 346 g/mol. The fourth-order valence-electron chi connectivity index (χ4n) is 2.12. The number of ether oxygens (including phenoxy) is 1. The molecule has 1 heterocycles. The zero-order chi connectivity index (χ0) is 18.2. The van der Waals surface area contributed by atoms with Crippen LogP contribution in [-0.2, 0) is 4.79 Å². The largest absolute Gasteiger partial charge is 0.505 e. The van der Waals surface area contributed by atoms with Gasteiger partial charge in [0.2, 0.25) is 6.41 Å². The number of benzene rings is 1. The summed E-state index contributed by atoms with van der Waals surface area (Å²) in [6.45, 7) is 0.679. The smallest absolute Gasteiger partial charge is 0.275 e. The Balaban J connectivity index is 2.27. The number of carbonyl (C=O) groups excluding carboxylic acids is 2. The third kappa shape index (κ3) is 4.34. The lowest BCUT2D eigenvalue weighted by Gasteiger charge is -2.12. The van der Waals surface area contributed by atoms with E-state index in [0.29, 0.717) is 30.8 Å². The SMILES string of the molecule is COc1ccccc1-n1nc(C(=O)NCCCNC=O)c(O)cc1=O. The van der Waals surface area contributed by atoms with Gasteiger partial charge in [-0.15, -0.1) is 0 Å². The summed E-state index contributed by atoms with van der Waals surface area (Å²) >= 11 is 0. The van der Waals surface area contributed by atoms with Crippen molar-refractivity contribution in [1.82, 2.24) is 20.4 Å². The van der Waals surface area contributed by atoms with Crippen molar-refractivity contribution in [2.75, 3.05) is 20.2 Å². The average Bonchev–Trinajstić information content (AvgIpc) is 2.61. The zero-order valence-electron chi connectivity index (χ0n) is 13.6. The van der Waals surface area contributed by atoms with E-state index in [0.717, 1.165) is 10.7 Å². The standard InChI is InChI=1S/C16H18N4O5/c1-25-13-6-3-2-5-11(13)20-14(23)9-12(22)15(19-20)16(24)18-8-4-7-17-10-21/h2-3,5-6,9-10,22H,4,7-8H2,1H3,(H,17,21)(H,18,24). The first-order valence-electron chi connectivity index (χ1n) is 7.50. The zero-order valence-corrected chi connectivity index (χ0v) is 13.6. The van der Waals surface area contributed by atoms with Gasteiger partial charge in [0.25, 0.3) is 11.5 Å². The summed E-state index contributed by atoms with van der Waals surface area (Å²) in [6, 6.07) is 7.60. The normalized spacial score (nSPS) is 10.1. The molecular formula is C16H18N4O5. The lowest BCUT2D eigenvalue weighted by atomic mass is 10.3. The molecule has 0 saturated heterocycles. The third-order valence-corrected chi connectivity index (χ3v) is 3.31. The number of aromatic hydroxyl groups is 1. The average molecular weight is 346 g/mol. The molecule has 0 atom stereocenters. The maximum absolute atomic E-state index is 12.2.